The number of pyridine rings is 1. The molecule has 4 N–H and O–H groups in total. The molecule has 0 saturated carbocycles. The number of para-hydroxylation sites is 1. The van der Waals surface area contributed by atoms with Gasteiger partial charge in [0.25, 0.3) is 11.5 Å². The molecule has 182 valence electrons. The predicted molar refractivity (Wildman–Crippen MR) is 137 cm³/mol. The summed E-state index contributed by atoms with van der Waals surface area (Å²) in [6.07, 6.45) is 1.55. The van der Waals surface area contributed by atoms with Crippen LogP contribution >= 0.6 is 12.4 Å². The van der Waals surface area contributed by atoms with E-state index >= 15 is 0 Å². The molecule has 7 nitrogen and oxygen atoms in total. The molecular formula is C26H20ClF2N5O2. The molecule has 0 spiro atoms. The summed E-state index contributed by atoms with van der Waals surface area (Å²) in [6, 6.07) is 19.2. The SMILES string of the molecule is Cl.O=C(Nc1cccc2[nH]c(-c3c(NCc4ccccc4)cc[nH]c3=O)nc12)c1ccc(F)cc1F. The van der Waals surface area contributed by atoms with Gasteiger partial charge in [-0.15, -0.1) is 12.4 Å². The minimum absolute atomic E-state index is 0. The number of fused-ring (bicyclic) bond motifs is 1. The van der Waals surface area contributed by atoms with E-state index in [9.17, 15) is 18.4 Å². The number of aromatic amines is 2. The number of anilines is 2. The van der Waals surface area contributed by atoms with Crippen LogP contribution in [0.3, 0.4) is 0 Å². The first-order valence-electron chi connectivity index (χ1n) is 10.7. The lowest BCUT2D eigenvalue weighted by molar-refractivity contribution is 0.102. The van der Waals surface area contributed by atoms with Crippen LogP contribution in [0.25, 0.3) is 22.4 Å². The van der Waals surface area contributed by atoms with Crippen molar-refractivity contribution in [1.29, 1.82) is 0 Å². The number of amides is 1. The molecule has 3 aromatic carbocycles. The molecule has 2 heterocycles. The highest BCUT2D eigenvalue weighted by Gasteiger charge is 2.18. The zero-order valence-electron chi connectivity index (χ0n) is 18.6. The lowest BCUT2D eigenvalue weighted by Crippen LogP contribution is -2.14. The molecular weight excluding hydrogens is 488 g/mol. The number of nitrogens with one attached hydrogen (secondary N) is 4. The Kier molecular flexibility index (Phi) is 7.12. The van der Waals surface area contributed by atoms with Crippen LogP contribution in [0.2, 0.25) is 0 Å². The normalized spacial score (nSPS) is 10.6. The molecule has 0 radical (unpaired) electrons. The van der Waals surface area contributed by atoms with Crippen molar-refractivity contribution < 1.29 is 13.6 Å². The monoisotopic (exact) mass is 507 g/mol. The smallest absolute Gasteiger partial charge is 0.261 e. The first-order valence-corrected chi connectivity index (χ1v) is 10.7. The summed E-state index contributed by atoms with van der Waals surface area (Å²) < 4.78 is 27.3. The number of nitrogens with zero attached hydrogens (tertiary/aromatic N) is 1. The summed E-state index contributed by atoms with van der Waals surface area (Å²) in [5.74, 6) is -2.19. The van der Waals surface area contributed by atoms with E-state index in [1.807, 2.05) is 30.3 Å². The van der Waals surface area contributed by atoms with E-state index in [1.54, 1.807) is 30.5 Å². The Morgan fingerprint density at radius 1 is 0.944 bits per heavy atom. The van der Waals surface area contributed by atoms with E-state index in [0.29, 0.717) is 46.4 Å². The third-order valence-corrected chi connectivity index (χ3v) is 5.46. The van der Waals surface area contributed by atoms with Gasteiger partial charge in [0, 0.05) is 18.8 Å². The maximum atomic E-state index is 14.1. The van der Waals surface area contributed by atoms with Gasteiger partial charge in [-0.2, -0.15) is 0 Å². The fourth-order valence-electron chi connectivity index (χ4n) is 3.77. The van der Waals surface area contributed by atoms with Gasteiger partial charge in [0.1, 0.15) is 28.5 Å². The van der Waals surface area contributed by atoms with E-state index < -0.39 is 17.5 Å². The van der Waals surface area contributed by atoms with Crippen molar-refractivity contribution in [2.24, 2.45) is 0 Å². The average molecular weight is 508 g/mol. The highest BCUT2D eigenvalue weighted by atomic mass is 35.5. The summed E-state index contributed by atoms with van der Waals surface area (Å²) in [6.45, 7) is 0.502. The van der Waals surface area contributed by atoms with Gasteiger partial charge in [0.15, 0.2) is 0 Å². The Hall–Kier alpha value is -4.50. The summed E-state index contributed by atoms with van der Waals surface area (Å²) >= 11 is 0. The Labute approximate surface area is 210 Å². The van der Waals surface area contributed by atoms with Crippen LogP contribution in [0.1, 0.15) is 15.9 Å². The molecule has 36 heavy (non-hydrogen) atoms. The van der Waals surface area contributed by atoms with Gasteiger partial charge in [-0.25, -0.2) is 13.8 Å². The van der Waals surface area contributed by atoms with Crippen molar-refractivity contribution in [3.8, 4) is 11.4 Å². The van der Waals surface area contributed by atoms with E-state index in [1.165, 1.54) is 0 Å². The highest BCUT2D eigenvalue weighted by Crippen LogP contribution is 2.28. The molecule has 0 unspecified atom stereocenters. The minimum atomic E-state index is -0.970. The van der Waals surface area contributed by atoms with Crippen LogP contribution in [0, 0.1) is 11.6 Å². The zero-order valence-corrected chi connectivity index (χ0v) is 19.5. The van der Waals surface area contributed by atoms with Crippen molar-refractivity contribution in [3.05, 3.63) is 112 Å². The topological polar surface area (TPSA) is 103 Å². The summed E-state index contributed by atoms with van der Waals surface area (Å²) in [4.78, 5) is 35.7. The molecule has 0 fully saturated rings. The van der Waals surface area contributed by atoms with Gasteiger partial charge in [-0.05, 0) is 35.9 Å². The van der Waals surface area contributed by atoms with Crippen molar-refractivity contribution in [1.82, 2.24) is 15.0 Å². The average Bonchev–Trinajstić information content (AvgIpc) is 3.28. The van der Waals surface area contributed by atoms with Gasteiger partial charge in [0.05, 0.1) is 22.5 Å². The molecule has 0 saturated heterocycles. The number of rotatable bonds is 6. The van der Waals surface area contributed by atoms with Crippen LogP contribution in [0.4, 0.5) is 20.2 Å². The second-order valence-electron chi connectivity index (χ2n) is 7.80. The molecule has 0 aliphatic carbocycles. The third-order valence-electron chi connectivity index (χ3n) is 5.46. The van der Waals surface area contributed by atoms with Gasteiger partial charge in [0.2, 0.25) is 0 Å². The van der Waals surface area contributed by atoms with Crippen LogP contribution in [0.15, 0.2) is 83.8 Å². The Morgan fingerprint density at radius 3 is 2.53 bits per heavy atom. The van der Waals surface area contributed by atoms with Gasteiger partial charge >= 0.3 is 0 Å². The maximum Gasteiger partial charge on any atom is 0.261 e. The number of halogens is 3. The van der Waals surface area contributed by atoms with Crippen LogP contribution < -0.4 is 16.2 Å². The minimum Gasteiger partial charge on any atom is -0.380 e. The standard InChI is InChI=1S/C26H19F2N5O2.ClH/c27-16-9-10-17(18(28)13-16)25(34)32-21-8-4-7-20-23(21)33-24(31-20)22-19(11-12-29-26(22)35)30-14-15-5-2-1-3-6-15;/h1-13H,14H2,(H,31,33)(H,32,34)(H2,29,30,35);1H. The van der Waals surface area contributed by atoms with Crippen molar-refractivity contribution in [2.45, 2.75) is 6.54 Å². The first-order chi connectivity index (χ1) is 17.0. The second-order valence-corrected chi connectivity index (χ2v) is 7.80. The molecule has 5 rings (SSSR count). The molecule has 10 heteroatoms. The molecule has 0 aliphatic heterocycles. The number of carbonyl (C=O) groups is 1. The molecule has 0 aliphatic rings. The van der Waals surface area contributed by atoms with E-state index in [0.717, 1.165) is 17.7 Å². The zero-order chi connectivity index (χ0) is 24.4. The number of aromatic nitrogens is 3. The van der Waals surface area contributed by atoms with Gasteiger partial charge < -0.3 is 20.6 Å². The maximum absolute atomic E-state index is 14.1. The van der Waals surface area contributed by atoms with E-state index in [4.69, 9.17) is 0 Å². The molecule has 2 aromatic heterocycles. The fraction of sp³-hybridized carbons (Fsp3) is 0.0385. The first kappa shape index (κ1) is 24.6. The number of hydrogen-bond acceptors (Lipinski definition) is 4. The molecule has 0 atom stereocenters. The second kappa shape index (κ2) is 10.4. The fourth-order valence-corrected chi connectivity index (χ4v) is 3.77. The number of imidazole rings is 1. The van der Waals surface area contributed by atoms with Crippen molar-refractivity contribution >= 4 is 40.7 Å². The van der Waals surface area contributed by atoms with Crippen LogP contribution in [-0.4, -0.2) is 20.9 Å². The van der Waals surface area contributed by atoms with Crippen LogP contribution in [0.5, 0.6) is 0 Å². The Morgan fingerprint density at radius 2 is 1.75 bits per heavy atom. The summed E-state index contributed by atoms with van der Waals surface area (Å²) in [5.41, 5.74) is 2.54. The number of H-pyrrole nitrogens is 2. The predicted octanol–water partition coefficient (Wildman–Crippen LogP) is 5.48. The lowest BCUT2D eigenvalue weighted by atomic mass is 10.2. The largest absolute Gasteiger partial charge is 0.380 e. The van der Waals surface area contributed by atoms with Gasteiger partial charge in [-0.3, -0.25) is 9.59 Å². The molecule has 5 aromatic rings. The number of carbonyl (C=O) groups excluding carboxylic acids is 1. The van der Waals surface area contributed by atoms with Crippen molar-refractivity contribution in [2.75, 3.05) is 10.6 Å². The Bertz CT molecular complexity index is 1600. The summed E-state index contributed by atoms with van der Waals surface area (Å²) in [5, 5.41) is 5.89. The third kappa shape index (κ3) is 4.96. The highest BCUT2D eigenvalue weighted by molar-refractivity contribution is 6.08. The lowest BCUT2D eigenvalue weighted by Gasteiger charge is -2.10. The van der Waals surface area contributed by atoms with E-state index in [-0.39, 0.29) is 23.5 Å². The number of hydrogen-bond donors (Lipinski definition) is 4. The van der Waals surface area contributed by atoms with Gasteiger partial charge in [-0.1, -0.05) is 36.4 Å². The molecule has 0 bridgehead atoms. The Balaban J connectivity index is 0.00000304. The quantitative estimate of drug-likeness (QED) is 0.244. The number of benzene rings is 3. The molecule has 1 amide bonds. The van der Waals surface area contributed by atoms with Crippen LogP contribution in [-0.2, 0) is 6.54 Å². The van der Waals surface area contributed by atoms with Crippen molar-refractivity contribution in [3.63, 3.8) is 0 Å². The summed E-state index contributed by atoms with van der Waals surface area (Å²) in [7, 11) is 0. The van der Waals surface area contributed by atoms with E-state index in [2.05, 4.69) is 25.6 Å².